The van der Waals surface area contributed by atoms with Gasteiger partial charge < -0.3 is 4.90 Å². The Hall–Kier alpha value is -3.01. The minimum Gasteiger partial charge on any atom is -0.338 e. The van der Waals surface area contributed by atoms with Crippen molar-refractivity contribution in [3.63, 3.8) is 0 Å². The van der Waals surface area contributed by atoms with Gasteiger partial charge in [0.1, 0.15) is 5.82 Å². The van der Waals surface area contributed by atoms with Crippen LogP contribution >= 0.6 is 0 Å². The Balaban J connectivity index is 1.38. The molecule has 2 aliphatic rings. The number of aromatic nitrogens is 2. The Bertz CT molecular complexity index is 1040. The fourth-order valence-electron chi connectivity index (χ4n) is 4.95. The molecule has 0 radical (unpaired) electrons. The third-order valence-electron chi connectivity index (χ3n) is 6.46. The van der Waals surface area contributed by atoms with Crippen LogP contribution in [-0.2, 0) is 11.8 Å². The lowest BCUT2D eigenvalue weighted by atomic mass is 9.77. The molecule has 146 valence electrons. The molecule has 1 aliphatic carbocycles. The van der Waals surface area contributed by atoms with Gasteiger partial charge in [0.15, 0.2) is 0 Å². The molecule has 3 aromatic rings. The average molecular weight is 383 g/mol. The van der Waals surface area contributed by atoms with Gasteiger partial charge in [0.2, 0.25) is 0 Å². The number of rotatable bonds is 2. The van der Waals surface area contributed by atoms with E-state index in [0.29, 0.717) is 0 Å². The minimum atomic E-state index is 0.000915. The molecule has 2 aromatic carbocycles. The number of amides is 1. The van der Waals surface area contributed by atoms with Crippen molar-refractivity contribution in [2.45, 2.75) is 38.0 Å². The van der Waals surface area contributed by atoms with Crippen molar-refractivity contribution in [2.24, 2.45) is 0 Å². The minimum absolute atomic E-state index is 0.000915. The molecular formula is C25H25N3O. The van der Waals surface area contributed by atoms with E-state index in [0.717, 1.165) is 55.7 Å². The predicted molar refractivity (Wildman–Crippen MR) is 114 cm³/mol. The van der Waals surface area contributed by atoms with Gasteiger partial charge in [0.05, 0.1) is 5.69 Å². The summed E-state index contributed by atoms with van der Waals surface area (Å²) in [6.45, 7) is 3.53. The SMILES string of the molecule is Cc1ncc2c(n1)C1(CCCN(C(=O)c3ccc(-c4ccccc4)cc3)C1)CC2. The topological polar surface area (TPSA) is 46.1 Å². The van der Waals surface area contributed by atoms with Gasteiger partial charge in [-0.3, -0.25) is 4.79 Å². The van der Waals surface area contributed by atoms with Crippen molar-refractivity contribution in [2.75, 3.05) is 13.1 Å². The highest BCUT2D eigenvalue weighted by molar-refractivity contribution is 5.95. The van der Waals surface area contributed by atoms with Crippen LogP contribution in [0, 0.1) is 6.92 Å². The van der Waals surface area contributed by atoms with Crippen LogP contribution in [0.5, 0.6) is 0 Å². The van der Waals surface area contributed by atoms with E-state index in [-0.39, 0.29) is 11.3 Å². The summed E-state index contributed by atoms with van der Waals surface area (Å²) in [7, 11) is 0. The maximum absolute atomic E-state index is 13.3. The number of fused-ring (bicyclic) bond motifs is 2. The van der Waals surface area contributed by atoms with Gasteiger partial charge >= 0.3 is 0 Å². The summed E-state index contributed by atoms with van der Waals surface area (Å²) in [5, 5.41) is 0. The molecule has 29 heavy (non-hydrogen) atoms. The molecule has 0 saturated carbocycles. The molecular weight excluding hydrogens is 358 g/mol. The van der Waals surface area contributed by atoms with Gasteiger partial charge in [0.25, 0.3) is 5.91 Å². The quantitative estimate of drug-likeness (QED) is 0.651. The van der Waals surface area contributed by atoms with Crippen molar-refractivity contribution in [3.8, 4) is 11.1 Å². The number of likely N-dealkylation sites (tertiary alicyclic amines) is 1. The van der Waals surface area contributed by atoms with E-state index in [1.165, 1.54) is 16.8 Å². The Labute approximate surface area is 171 Å². The summed E-state index contributed by atoms with van der Waals surface area (Å²) in [6, 6.07) is 18.3. The first-order chi connectivity index (χ1) is 14.1. The highest BCUT2D eigenvalue weighted by atomic mass is 16.2. The van der Waals surface area contributed by atoms with Crippen LogP contribution in [0.4, 0.5) is 0 Å². The van der Waals surface area contributed by atoms with Crippen molar-refractivity contribution in [3.05, 3.63) is 83.4 Å². The second kappa shape index (κ2) is 7.11. The van der Waals surface area contributed by atoms with Crippen molar-refractivity contribution in [1.82, 2.24) is 14.9 Å². The summed E-state index contributed by atoms with van der Waals surface area (Å²) in [4.78, 5) is 24.5. The van der Waals surface area contributed by atoms with Crippen LogP contribution in [-0.4, -0.2) is 33.9 Å². The van der Waals surface area contributed by atoms with Crippen LogP contribution < -0.4 is 0 Å². The van der Waals surface area contributed by atoms with Gasteiger partial charge in [-0.05, 0) is 61.4 Å². The first-order valence-corrected chi connectivity index (χ1v) is 10.4. The molecule has 0 bridgehead atoms. The normalized spacial score (nSPS) is 20.7. The van der Waals surface area contributed by atoms with E-state index in [1.807, 2.05) is 60.5 Å². The van der Waals surface area contributed by atoms with Gasteiger partial charge in [-0.15, -0.1) is 0 Å². The van der Waals surface area contributed by atoms with Crippen LogP contribution in [0.1, 0.15) is 46.7 Å². The molecule has 0 N–H and O–H groups in total. The van der Waals surface area contributed by atoms with E-state index in [2.05, 4.69) is 17.1 Å². The number of hydrogen-bond donors (Lipinski definition) is 0. The molecule has 1 fully saturated rings. The largest absolute Gasteiger partial charge is 0.338 e. The van der Waals surface area contributed by atoms with Gasteiger partial charge in [0, 0.05) is 30.3 Å². The van der Waals surface area contributed by atoms with E-state index in [1.54, 1.807) is 0 Å². The van der Waals surface area contributed by atoms with Crippen LogP contribution in [0.15, 0.2) is 60.8 Å². The second-order valence-corrected chi connectivity index (χ2v) is 8.35. The number of hydrogen-bond acceptors (Lipinski definition) is 3. The molecule has 4 heteroatoms. The second-order valence-electron chi connectivity index (χ2n) is 8.35. The van der Waals surface area contributed by atoms with Crippen molar-refractivity contribution >= 4 is 5.91 Å². The third kappa shape index (κ3) is 3.23. The molecule has 1 saturated heterocycles. The maximum atomic E-state index is 13.3. The average Bonchev–Trinajstić information content (AvgIpc) is 3.11. The zero-order chi connectivity index (χ0) is 19.8. The monoisotopic (exact) mass is 383 g/mol. The number of aryl methyl sites for hydroxylation is 2. The third-order valence-corrected chi connectivity index (χ3v) is 6.46. The highest BCUT2D eigenvalue weighted by Crippen LogP contribution is 2.44. The molecule has 1 atom stereocenters. The fraction of sp³-hybridized carbons (Fsp3) is 0.320. The van der Waals surface area contributed by atoms with Crippen LogP contribution in [0.2, 0.25) is 0 Å². The maximum Gasteiger partial charge on any atom is 0.253 e. The lowest BCUT2D eigenvalue weighted by molar-refractivity contribution is 0.0633. The molecule has 2 heterocycles. The van der Waals surface area contributed by atoms with Gasteiger partial charge in [-0.1, -0.05) is 42.5 Å². The summed E-state index contributed by atoms with van der Waals surface area (Å²) in [5.74, 6) is 0.952. The van der Waals surface area contributed by atoms with E-state index in [4.69, 9.17) is 4.98 Å². The van der Waals surface area contributed by atoms with E-state index in [9.17, 15) is 4.79 Å². The molecule has 1 amide bonds. The standard InChI is InChI=1S/C25H25N3O/c1-18-26-16-22-12-14-25(23(22)27-18)13-5-15-28(17-25)24(29)21-10-8-20(9-11-21)19-6-3-2-4-7-19/h2-4,6-11,16H,5,12-15,17H2,1H3. The van der Waals surface area contributed by atoms with Crippen molar-refractivity contribution < 1.29 is 4.79 Å². The molecule has 5 rings (SSSR count). The zero-order valence-corrected chi connectivity index (χ0v) is 16.8. The van der Waals surface area contributed by atoms with E-state index >= 15 is 0 Å². The molecule has 1 aliphatic heterocycles. The summed E-state index contributed by atoms with van der Waals surface area (Å²) in [6.07, 6.45) is 6.19. The van der Waals surface area contributed by atoms with Gasteiger partial charge in [-0.2, -0.15) is 0 Å². The first kappa shape index (κ1) is 18.0. The zero-order valence-electron chi connectivity index (χ0n) is 16.8. The summed E-state index contributed by atoms with van der Waals surface area (Å²) >= 11 is 0. The number of carbonyl (C=O) groups excluding carboxylic acids is 1. The van der Waals surface area contributed by atoms with Crippen LogP contribution in [0.3, 0.4) is 0 Å². The molecule has 4 nitrogen and oxygen atoms in total. The number of nitrogens with zero attached hydrogens (tertiary/aromatic N) is 3. The molecule has 1 aromatic heterocycles. The Morgan fingerprint density at radius 3 is 2.55 bits per heavy atom. The number of carbonyl (C=O) groups is 1. The van der Waals surface area contributed by atoms with Gasteiger partial charge in [-0.25, -0.2) is 9.97 Å². The number of benzene rings is 2. The molecule has 1 spiro atoms. The Morgan fingerprint density at radius 1 is 1.00 bits per heavy atom. The number of piperidine rings is 1. The van der Waals surface area contributed by atoms with Crippen LogP contribution in [0.25, 0.3) is 11.1 Å². The first-order valence-electron chi connectivity index (χ1n) is 10.4. The van der Waals surface area contributed by atoms with Crippen molar-refractivity contribution in [1.29, 1.82) is 0 Å². The summed E-state index contributed by atoms with van der Waals surface area (Å²) in [5.41, 5.74) is 5.51. The lowest BCUT2D eigenvalue weighted by Gasteiger charge is -2.40. The summed E-state index contributed by atoms with van der Waals surface area (Å²) < 4.78 is 0. The highest BCUT2D eigenvalue weighted by Gasteiger charge is 2.44. The Kier molecular flexibility index (Phi) is 4.42. The fourth-order valence-corrected chi connectivity index (χ4v) is 4.95. The lowest BCUT2D eigenvalue weighted by Crippen LogP contribution is -2.48. The Morgan fingerprint density at radius 2 is 1.76 bits per heavy atom. The van der Waals surface area contributed by atoms with E-state index < -0.39 is 0 Å². The smallest absolute Gasteiger partial charge is 0.253 e. The predicted octanol–water partition coefficient (Wildman–Crippen LogP) is 4.57. The molecule has 1 unspecified atom stereocenters.